The van der Waals surface area contributed by atoms with E-state index in [-0.39, 0.29) is 11.7 Å². The van der Waals surface area contributed by atoms with Crippen LogP contribution < -0.4 is 5.32 Å². The average molecular weight is 281 g/mol. The molecule has 1 aliphatic rings. The molecule has 3 heteroatoms. The van der Waals surface area contributed by atoms with E-state index in [1.165, 1.54) is 12.5 Å². The Morgan fingerprint density at radius 3 is 2.65 bits per heavy atom. The summed E-state index contributed by atoms with van der Waals surface area (Å²) in [6, 6.07) is 4.06. The molecule has 3 atom stereocenters. The molecule has 0 radical (unpaired) electrons. The number of hydrogen-bond acceptors (Lipinski definition) is 1. The molecule has 1 aromatic rings. The highest BCUT2D eigenvalue weighted by Gasteiger charge is 2.32. The first-order valence-corrected chi connectivity index (χ1v) is 7.81. The monoisotopic (exact) mass is 281 g/mol. The van der Waals surface area contributed by atoms with Crippen LogP contribution in [-0.2, 0) is 0 Å². The van der Waals surface area contributed by atoms with Crippen LogP contribution in [0.25, 0.3) is 0 Å². The maximum Gasteiger partial charge on any atom is 0.129 e. The van der Waals surface area contributed by atoms with Gasteiger partial charge in [-0.05, 0) is 55.3 Å². The number of halogens is 2. The molecule has 3 unspecified atom stereocenters. The van der Waals surface area contributed by atoms with Gasteiger partial charge in [-0.3, -0.25) is 0 Å². The Morgan fingerprint density at radius 1 is 1.20 bits per heavy atom. The Bertz CT molecular complexity index is 433. The predicted molar refractivity (Wildman–Crippen MR) is 78.8 cm³/mol. The van der Waals surface area contributed by atoms with Crippen LogP contribution in [0, 0.1) is 23.5 Å². The lowest BCUT2D eigenvalue weighted by Crippen LogP contribution is -2.32. The van der Waals surface area contributed by atoms with E-state index in [1.54, 1.807) is 6.07 Å². The van der Waals surface area contributed by atoms with E-state index in [1.807, 2.05) is 0 Å². The smallest absolute Gasteiger partial charge is 0.129 e. The molecule has 112 valence electrons. The molecule has 1 aromatic carbocycles. The second-order valence-corrected chi connectivity index (χ2v) is 5.93. The van der Waals surface area contributed by atoms with Crippen LogP contribution in [-0.4, -0.2) is 13.1 Å². The second kappa shape index (κ2) is 7.16. The molecule has 1 fully saturated rings. The maximum absolute atomic E-state index is 14.1. The summed E-state index contributed by atoms with van der Waals surface area (Å²) in [6.45, 7) is 6.15. The quantitative estimate of drug-likeness (QED) is 0.839. The van der Waals surface area contributed by atoms with Gasteiger partial charge in [0.15, 0.2) is 0 Å². The molecule has 0 amide bonds. The molecule has 1 nitrogen and oxygen atoms in total. The van der Waals surface area contributed by atoms with Crippen molar-refractivity contribution in [1.82, 2.24) is 5.32 Å². The van der Waals surface area contributed by atoms with Crippen molar-refractivity contribution in [2.45, 2.75) is 45.4 Å². The van der Waals surface area contributed by atoms with Crippen molar-refractivity contribution < 1.29 is 8.78 Å². The molecule has 0 aliphatic heterocycles. The van der Waals surface area contributed by atoms with Gasteiger partial charge in [0.1, 0.15) is 11.6 Å². The zero-order valence-electron chi connectivity index (χ0n) is 12.5. The number of hydrogen-bond donors (Lipinski definition) is 1. The summed E-state index contributed by atoms with van der Waals surface area (Å²) in [5.41, 5.74) is 0.701. The average Bonchev–Trinajstić information content (AvgIpc) is 2.45. The van der Waals surface area contributed by atoms with Crippen molar-refractivity contribution in [2.24, 2.45) is 11.8 Å². The van der Waals surface area contributed by atoms with E-state index in [0.29, 0.717) is 17.4 Å². The molecule has 0 spiro atoms. The van der Waals surface area contributed by atoms with Crippen molar-refractivity contribution in [3.63, 3.8) is 0 Å². The molecule has 2 rings (SSSR count). The first-order chi connectivity index (χ1) is 9.65. The maximum atomic E-state index is 14.1. The van der Waals surface area contributed by atoms with Crippen LogP contribution >= 0.6 is 0 Å². The van der Waals surface area contributed by atoms with Gasteiger partial charge in [0, 0.05) is 6.07 Å². The normalized spacial score (nSPS) is 26.7. The van der Waals surface area contributed by atoms with Gasteiger partial charge >= 0.3 is 0 Å². The summed E-state index contributed by atoms with van der Waals surface area (Å²) in [5.74, 6) is 0.471. The Labute approximate surface area is 120 Å². The van der Waals surface area contributed by atoms with Crippen LogP contribution in [0.5, 0.6) is 0 Å². The lowest BCUT2D eigenvalue weighted by Gasteiger charge is -2.36. The van der Waals surface area contributed by atoms with Gasteiger partial charge in [-0.15, -0.1) is 0 Å². The largest absolute Gasteiger partial charge is 0.317 e. The fourth-order valence-electron chi connectivity index (χ4n) is 3.45. The molecule has 0 heterocycles. The van der Waals surface area contributed by atoms with E-state index in [4.69, 9.17) is 0 Å². The van der Waals surface area contributed by atoms with Crippen LogP contribution in [0.3, 0.4) is 0 Å². The number of nitrogens with one attached hydrogen (secondary N) is 1. The van der Waals surface area contributed by atoms with Gasteiger partial charge in [-0.25, -0.2) is 8.78 Å². The highest BCUT2D eigenvalue weighted by molar-refractivity contribution is 5.24. The molecule has 1 aliphatic carbocycles. The molecule has 20 heavy (non-hydrogen) atoms. The van der Waals surface area contributed by atoms with Crippen molar-refractivity contribution in [2.75, 3.05) is 13.1 Å². The molecular weight excluding hydrogens is 256 g/mol. The third kappa shape index (κ3) is 3.57. The summed E-state index contributed by atoms with van der Waals surface area (Å²) in [4.78, 5) is 0. The zero-order chi connectivity index (χ0) is 14.5. The first-order valence-electron chi connectivity index (χ1n) is 7.81. The summed E-state index contributed by atoms with van der Waals surface area (Å²) >= 11 is 0. The highest BCUT2D eigenvalue weighted by Crippen LogP contribution is 2.42. The van der Waals surface area contributed by atoms with E-state index in [0.717, 1.165) is 38.4 Å². The third-order valence-electron chi connectivity index (χ3n) is 4.70. The van der Waals surface area contributed by atoms with Crippen molar-refractivity contribution in [3.05, 3.63) is 35.4 Å². The Hall–Kier alpha value is -0.960. The topological polar surface area (TPSA) is 12.0 Å². The van der Waals surface area contributed by atoms with E-state index in [2.05, 4.69) is 19.2 Å². The Morgan fingerprint density at radius 2 is 2.00 bits per heavy atom. The van der Waals surface area contributed by atoms with Gasteiger partial charge in [0.05, 0.1) is 0 Å². The zero-order valence-corrected chi connectivity index (χ0v) is 12.5. The molecule has 0 aromatic heterocycles. The molecule has 0 saturated heterocycles. The van der Waals surface area contributed by atoms with Crippen molar-refractivity contribution in [3.8, 4) is 0 Å². The second-order valence-electron chi connectivity index (χ2n) is 5.93. The van der Waals surface area contributed by atoms with Crippen LogP contribution in [0.1, 0.15) is 51.0 Å². The Kier molecular flexibility index (Phi) is 5.53. The lowest BCUT2D eigenvalue weighted by molar-refractivity contribution is 0.223. The van der Waals surface area contributed by atoms with E-state index >= 15 is 0 Å². The Balaban J connectivity index is 2.21. The standard InChI is InChI=1S/C17H25F2N/c1-3-12-5-6-13(11-20-4-2)16(9-12)15-8-7-14(18)10-17(15)19/h7-8,10,12-13,16,20H,3-6,9,11H2,1-2H3. The van der Waals surface area contributed by atoms with Gasteiger partial charge in [-0.2, -0.15) is 0 Å². The van der Waals surface area contributed by atoms with E-state index < -0.39 is 5.82 Å². The summed E-state index contributed by atoms with van der Waals surface area (Å²) in [6.07, 6.45) is 4.53. The minimum Gasteiger partial charge on any atom is -0.317 e. The lowest BCUT2D eigenvalue weighted by atomic mass is 9.70. The van der Waals surface area contributed by atoms with E-state index in [9.17, 15) is 8.78 Å². The minimum atomic E-state index is -0.489. The fraction of sp³-hybridized carbons (Fsp3) is 0.647. The van der Waals surface area contributed by atoms with Crippen molar-refractivity contribution in [1.29, 1.82) is 0 Å². The number of rotatable bonds is 5. The third-order valence-corrected chi connectivity index (χ3v) is 4.70. The SMILES string of the molecule is CCNCC1CCC(CC)CC1c1ccc(F)cc1F. The van der Waals surface area contributed by atoms with Gasteiger partial charge in [0.2, 0.25) is 0 Å². The molecule has 1 saturated carbocycles. The fourth-order valence-corrected chi connectivity index (χ4v) is 3.45. The van der Waals surface area contributed by atoms with Gasteiger partial charge < -0.3 is 5.32 Å². The van der Waals surface area contributed by atoms with Crippen molar-refractivity contribution >= 4 is 0 Å². The molecule has 1 N–H and O–H groups in total. The highest BCUT2D eigenvalue weighted by atomic mass is 19.1. The minimum absolute atomic E-state index is 0.216. The first kappa shape index (κ1) is 15.4. The summed E-state index contributed by atoms with van der Waals surface area (Å²) in [7, 11) is 0. The number of benzene rings is 1. The van der Waals surface area contributed by atoms with Gasteiger partial charge in [0.25, 0.3) is 0 Å². The predicted octanol–water partition coefficient (Wildman–Crippen LogP) is 4.48. The van der Waals surface area contributed by atoms with Crippen LogP contribution in [0.2, 0.25) is 0 Å². The van der Waals surface area contributed by atoms with Crippen LogP contribution in [0.4, 0.5) is 8.78 Å². The molecule has 0 bridgehead atoms. The van der Waals surface area contributed by atoms with Crippen LogP contribution in [0.15, 0.2) is 18.2 Å². The van der Waals surface area contributed by atoms with Gasteiger partial charge in [-0.1, -0.05) is 32.8 Å². The summed E-state index contributed by atoms with van der Waals surface area (Å²) < 4.78 is 27.2. The summed E-state index contributed by atoms with van der Waals surface area (Å²) in [5, 5.41) is 3.38. The molecular formula is C17H25F2N.